The van der Waals surface area contributed by atoms with Crippen LogP contribution in [0.25, 0.3) is 11.3 Å². The first-order valence-electron chi connectivity index (χ1n) is 9.58. The average Bonchev–Trinajstić information content (AvgIpc) is 3.11. The van der Waals surface area contributed by atoms with Crippen LogP contribution >= 0.6 is 0 Å². The molecule has 2 N–H and O–H groups in total. The number of ketones is 1. The Labute approximate surface area is 173 Å². The molecule has 0 fully saturated rings. The zero-order chi connectivity index (χ0) is 21.8. The van der Waals surface area contributed by atoms with Crippen molar-refractivity contribution >= 4 is 23.1 Å². The van der Waals surface area contributed by atoms with Crippen LogP contribution in [0.4, 0.5) is 20.2 Å². The Morgan fingerprint density at radius 3 is 2.27 bits per heavy atom. The Morgan fingerprint density at radius 1 is 1.03 bits per heavy atom. The fraction of sp³-hybridized carbons (Fsp3) is 0.174. The number of halogens is 2. The lowest BCUT2D eigenvalue weighted by Gasteiger charge is -2.13. The Balaban J connectivity index is 0.00000124. The minimum absolute atomic E-state index is 0.0620. The van der Waals surface area contributed by atoms with Crippen LogP contribution in [0, 0.1) is 11.6 Å². The van der Waals surface area contributed by atoms with Gasteiger partial charge in [-0.25, -0.2) is 13.8 Å². The topological polar surface area (TPSA) is 71.1 Å². The molecule has 7 heteroatoms. The summed E-state index contributed by atoms with van der Waals surface area (Å²) in [5.41, 5.74) is 2.14. The van der Waals surface area contributed by atoms with Crippen LogP contribution in [0.3, 0.4) is 0 Å². The lowest BCUT2D eigenvalue weighted by atomic mass is 10.1. The van der Waals surface area contributed by atoms with Crippen molar-refractivity contribution in [2.45, 2.75) is 27.3 Å². The summed E-state index contributed by atoms with van der Waals surface area (Å²) in [6.45, 7) is 5.65. The van der Waals surface area contributed by atoms with Gasteiger partial charge in [-0.15, -0.1) is 0 Å². The number of rotatable bonds is 4. The molecule has 1 aliphatic rings. The summed E-state index contributed by atoms with van der Waals surface area (Å²) < 4.78 is 28.5. The first-order valence-corrected chi connectivity index (χ1v) is 9.58. The van der Waals surface area contributed by atoms with Crippen LogP contribution in [0.15, 0.2) is 48.5 Å². The third-order valence-electron chi connectivity index (χ3n) is 4.53. The summed E-state index contributed by atoms with van der Waals surface area (Å²) in [5, 5.41) is 5.76. The van der Waals surface area contributed by atoms with E-state index in [1.807, 2.05) is 13.8 Å². The maximum absolute atomic E-state index is 14.2. The number of nitrogens with zero attached hydrogens (tertiary/aromatic N) is 1. The highest BCUT2D eigenvalue weighted by molar-refractivity contribution is 6.04. The number of hydrogen-bond acceptors (Lipinski definition) is 4. The van der Waals surface area contributed by atoms with Crippen molar-refractivity contribution in [3.8, 4) is 11.3 Å². The van der Waals surface area contributed by atoms with E-state index in [2.05, 4.69) is 15.6 Å². The quantitative estimate of drug-likeness (QED) is 0.578. The molecule has 0 radical (unpaired) electrons. The highest BCUT2D eigenvalue weighted by Gasteiger charge is 2.27. The fourth-order valence-electron chi connectivity index (χ4n) is 3.14. The molecule has 1 amide bonds. The van der Waals surface area contributed by atoms with Crippen molar-refractivity contribution in [1.82, 2.24) is 10.3 Å². The average molecular weight is 409 g/mol. The Morgan fingerprint density at radius 2 is 1.67 bits per heavy atom. The minimum atomic E-state index is -0.735. The zero-order valence-electron chi connectivity index (χ0n) is 16.8. The monoisotopic (exact) mass is 409 g/mol. The van der Waals surface area contributed by atoms with Crippen LogP contribution < -0.4 is 10.6 Å². The van der Waals surface area contributed by atoms with Gasteiger partial charge in [0.15, 0.2) is 5.78 Å². The van der Waals surface area contributed by atoms with Crippen LogP contribution in [0.2, 0.25) is 0 Å². The first-order chi connectivity index (χ1) is 14.4. The van der Waals surface area contributed by atoms with Gasteiger partial charge in [-0.1, -0.05) is 19.9 Å². The van der Waals surface area contributed by atoms with Gasteiger partial charge in [-0.3, -0.25) is 9.59 Å². The second kappa shape index (κ2) is 8.82. The van der Waals surface area contributed by atoms with Gasteiger partial charge in [0.2, 0.25) is 0 Å². The molecule has 0 aliphatic carbocycles. The number of benzene rings is 2. The number of fused-ring (bicyclic) bond motifs is 1. The van der Waals surface area contributed by atoms with E-state index in [0.29, 0.717) is 28.2 Å². The van der Waals surface area contributed by atoms with E-state index in [1.54, 1.807) is 24.3 Å². The zero-order valence-corrected chi connectivity index (χ0v) is 16.8. The normalized spacial score (nSPS) is 11.8. The van der Waals surface area contributed by atoms with Crippen molar-refractivity contribution in [3.05, 3.63) is 77.0 Å². The number of carbonyl (C=O) groups excluding carboxylic acids is 2. The Bertz CT molecular complexity index is 1090. The number of Topliss-reactive ketones (excluding diaryl/α,β-unsaturated/α-hetero) is 1. The SMILES string of the molecule is CC.CC(=O)c1ccc(Nc2cc(-c3c(F)cccc3F)nc3c2C(=O)NC3)cc1. The smallest absolute Gasteiger partial charge is 0.255 e. The van der Waals surface area contributed by atoms with Crippen LogP contribution in [0.1, 0.15) is 47.2 Å². The summed E-state index contributed by atoms with van der Waals surface area (Å²) in [6.07, 6.45) is 0. The molecular formula is C23H21F2N3O2. The van der Waals surface area contributed by atoms with E-state index < -0.39 is 11.6 Å². The van der Waals surface area contributed by atoms with Gasteiger partial charge in [-0.05, 0) is 49.4 Å². The number of carbonyl (C=O) groups is 2. The van der Waals surface area contributed by atoms with Gasteiger partial charge >= 0.3 is 0 Å². The van der Waals surface area contributed by atoms with Gasteiger partial charge in [-0.2, -0.15) is 0 Å². The standard InChI is InChI=1S/C21H15F2N3O2.C2H6/c1-11(27)12-5-7-13(8-6-12)25-17-9-16(19-14(22)3-2-4-15(19)23)26-18-10-24-21(28)20(17)18;1-2/h2-9H,10H2,1H3,(H,24,28)(H,25,26);1-2H3. The molecular weight excluding hydrogens is 388 g/mol. The van der Waals surface area contributed by atoms with Crippen LogP contribution in [-0.4, -0.2) is 16.7 Å². The van der Waals surface area contributed by atoms with E-state index >= 15 is 0 Å². The third-order valence-corrected chi connectivity index (χ3v) is 4.53. The predicted molar refractivity (Wildman–Crippen MR) is 112 cm³/mol. The minimum Gasteiger partial charge on any atom is -0.355 e. The molecule has 1 aromatic heterocycles. The fourth-order valence-corrected chi connectivity index (χ4v) is 3.14. The van der Waals surface area contributed by atoms with E-state index in [4.69, 9.17) is 0 Å². The number of hydrogen-bond donors (Lipinski definition) is 2. The summed E-state index contributed by atoms with van der Waals surface area (Å²) >= 11 is 0. The van der Waals surface area contributed by atoms with Crippen LogP contribution in [0.5, 0.6) is 0 Å². The second-order valence-corrected chi connectivity index (χ2v) is 6.41. The highest BCUT2D eigenvalue weighted by Crippen LogP contribution is 2.33. The molecule has 0 saturated heterocycles. The van der Waals surface area contributed by atoms with Crippen molar-refractivity contribution in [1.29, 1.82) is 0 Å². The van der Waals surface area contributed by atoms with Crippen molar-refractivity contribution in [2.24, 2.45) is 0 Å². The van der Waals surface area contributed by atoms with Crippen molar-refractivity contribution in [2.75, 3.05) is 5.32 Å². The van der Waals surface area contributed by atoms with E-state index in [0.717, 1.165) is 12.1 Å². The van der Waals surface area contributed by atoms with Gasteiger partial charge in [0, 0.05) is 11.3 Å². The number of aromatic nitrogens is 1. The predicted octanol–water partition coefficient (Wildman–Crippen LogP) is 5.24. The van der Waals surface area contributed by atoms with E-state index in [-0.39, 0.29) is 29.5 Å². The maximum atomic E-state index is 14.2. The third kappa shape index (κ3) is 4.05. The van der Waals surface area contributed by atoms with Gasteiger partial charge in [0.05, 0.1) is 34.7 Å². The number of anilines is 2. The molecule has 0 atom stereocenters. The van der Waals surface area contributed by atoms with Gasteiger partial charge < -0.3 is 10.6 Å². The molecule has 1 aliphatic heterocycles. The van der Waals surface area contributed by atoms with Crippen molar-refractivity contribution in [3.63, 3.8) is 0 Å². The molecule has 5 nitrogen and oxygen atoms in total. The largest absolute Gasteiger partial charge is 0.355 e. The highest BCUT2D eigenvalue weighted by atomic mass is 19.1. The Hall–Kier alpha value is -3.61. The molecule has 30 heavy (non-hydrogen) atoms. The lowest BCUT2D eigenvalue weighted by Crippen LogP contribution is -2.13. The maximum Gasteiger partial charge on any atom is 0.255 e. The molecule has 2 aromatic carbocycles. The molecule has 0 saturated carbocycles. The van der Waals surface area contributed by atoms with E-state index in [9.17, 15) is 18.4 Å². The lowest BCUT2D eigenvalue weighted by molar-refractivity contribution is 0.0965. The van der Waals surface area contributed by atoms with Crippen LogP contribution in [-0.2, 0) is 6.54 Å². The summed E-state index contributed by atoms with van der Waals surface area (Å²) in [5.74, 6) is -1.85. The number of pyridine rings is 1. The van der Waals surface area contributed by atoms with Gasteiger partial charge in [0.25, 0.3) is 5.91 Å². The summed E-state index contributed by atoms with van der Waals surface area (Å²) in [7, 11) is 0. The summed E-state index contributed by atoms with van der Waals surface area (Å²) in [4.78, 5) is 27.9. The number of nitrogens with one attached hydrogen (secondary N) is 2. The molecule has 4 rings (SSSR count). The first kappa shape index (κ1) is 21.1. The second-order valence-electron chi connectivity index (χ2n) is 6.41. The van der Waals surface area contributed by atoms with Gasteiger partial charge in [0.1, 0.15) is 11.6 Å². The molecule has 0 spiro atoms. The molecule has 0 unspecified atom stereocenters. The van der Waals surface area contributed by atoms with E-state index in [1.165, 1.54) is 19.1 Å². The molecule has 154 valence electrons. The molecule has 0 bridgehead atoms. The molecule has 3 aromatic rings. The van der Waals surface area contributed by atoms with Crippen molar-refractivity contribution < 1.29 is 18.4 Å². The number of amides is 1. The Kier molecular flexibility index (Phi) is 6.20. The summed E-state index contributed by atoms with van der Waals surface area (Å²) in [6, 6.07) is 11.7. The molecule has 2 heterocycles.